The molecular formula is C20H25N3O4. The van der Waals surface area contributed by atoms with E-state index < -0.39 is 0 Å². The van der Waals surface area contributed by atoms with Crippen LogP contribution in [-0.2, 0) is 11.2 Å². The van der Waals surface area contributed by atoms with Crippen LogP contribution in [0.1, 0.15) is 37.2 Å². The molecule has 0 unspecified atom stereocenters. The SMILES string of the molecule is CCc1cc(=O)[nH]c([C@@H]2CCCN(C(=O)COc3ccccc3OC)C2)n1. The average Bonchev–Trinajstić information content (AvgIpc) is 2.71. The number of aryl methyl sites for hydroxylation is 1. The molecule has 7 heteroatoms. The molecule has 27 heavy (non-hydrogen) atoms. The van der Waals surface area contributed by atoms with Crippen LogP contribution in [0, 0.1) is 0 Å². The van der Waals surface area contributed by atoms with E-state index in [0.717, 1.165) is 18.5 Å². The van der Waals surface area contributed by atoms with Crippen molar-refractivity contribution in [3.8, 4) is 11.5 Å². The number of benzene rings is 1. The number of para-hydroxylation sites is 2. The zero-order valence-corrected chi connectivity index (χ0v) is 15.7. The molecule has 1 saturated heterocycles. The smallest absolute Gasteiger partial charge is 0.260 e. The van der Waals surface area contributed by atoms with Gasteiger partial charge < -0.3 is 19.4 Å². The molecule has 0 aliphatic carbocycles. The Morgan fingerprint density at radius 3 is 2.85 bits per heavy atom. The average molecular weight is 371 g/mol. The van der Waals surface area contributed by atoms with Gasteiger partial charge in [-0.15, -0.1) is 0 Å². The van der Waals surface area contributed by atoms with E-state index in [1.54, 1.807) is 24.1 Å². The number of aromatic nitrogens is 2. The van der Waals surface area contributed by atoms with Crippen molar-refractivity contribution in [1.82, 2.24) is 14.9 Å². The molecule has 2 aromatic rings. The van der Waals surface area contributed by atoms with E-state index in [9.17, 15) is 9.59 Å². The summed E-state index contributed by atoms with van der Waals surface area (Å²) in [6, 6.07) is 8.77. The minimum Gasteiger partial charge on any atom is -0.493 e. The van der Waals surface area contributed by atoms with Crippen LogP contribution in [0.3, 0.4) is 0 Å². The third kappa shape index (κ3) is 4.67. The number of amides is 1. The van der Waals surface area contributed by atoms with E-state index >= 15 is 0 Å². The maximum Gasteiger partial charge on any atom is 0.260 e. The molecular weight excluding hydrogens is 346 g/mol. The molecule has 0 bridgehead atoms. The minimum atomic E-state index is -0.139. The standard InChI is InChI=1S/C20H25N3O4/c1-3-15-11-18(24)22-20(21-15)14-7-6-10-23(12-14)19(25)13-27-17-9-5-4-8-16(17)26-2/h4-5,8-9,11,14H,3,6-7,10,12-13H2,1-2H3,(H,21,22,24)/t14-/m1/s1. The van der Waals surface area contributed by atoms with Gasteiger partial charge in [-0.25, -0.2) is 4.98 Å². The molecule has 2 heterocycles. The van der Waals surface area contributed by atoms with Crippen LogP contribution in [0.4, 0.5) is 0 Å². The topological polar surface area (TPSA) is 84.5 Å². The number of hydrogen-bond acceptors (Lipinski definition) is 5. The van der Waals surface area contributed by atoms with Crippen molar-refractivity contribution in [1.29, 1.82) is 0 Å². The van der Waals surface area contributed by atoms with Crippen molar-refractivity contribution in [3.63, 3.8) is 0 Å². The van der Waals surface area contributed by atoms with Crippen molar-refractivity contribution in [3.05, 3.63) is 52.2 Å². The van der Waals surface area contributed by atoms with Crippen LogP contribution in [0.15, 0.2) is 35.1 Å². The quantitative estimate of drug-likeness (QED) is 0.841. The first-order valence-electron chi connectivity index (χ1n) is 9.24. The fraction of sp³-hybridized carbons (Fsp3) is 0.450. The summed E-state index contributed by atoms with van der Waals surface area (Å²) in [7, 11) is 1.57. The molecule has 1 amide bonds. The maximum atomic E-state index is 12.6. The zero-order valence-electron chi connectivity index (χ0n) is 15.7. The van der Waals surface area contributed by atoms with Gasteiger partial charge in [0.2, 0.25) is 0 Å². The Bertz CT molecular complexity index is 849. The van der Waals surface area contributed by atoms with Gasteiger partial charge in [0.25, 0.3) is 11.5 Å². The molecule has 144 valence electrons. The number of carbonyl (C=O) groups is 1. The van der Waals surface area contributed by atoms with Crippen LogP contribution >= 0.6 is 0 Å². The number of methoxy groups -OCH3 is 1. The molecule has 3 rings (SSSR count). The van der Waals surface area contributed by atoms with E-state index in [2.05, 4.69) is 9.97 Å². The van der Waals surface area contributed by atoms with Crippen molar-refractivity contribution in [2.24, 2.45) is 0 Å². The van der Waals surface area contributed by atoms with Gasteiger partial charge in [-0.3, -0.25) is 9.59 Å². The van der Waals surface area contributed by atoms with Crippen LogP contribution in [0.25, 0.3) is 0 Å². The monoisotopic (exact) mass is 371 g/mol. The summed E-state index contributed by atoms with van der Waals surface area (Å²) in [5, 5.41) is 0. The Kier molecular flexibility index (Phi) is 6.11. The summed E-state index contributed by atoms with van der Waals surface area (Å²) in [5.74, 6) is 1.76. The maximum absolute atomic E-state index is 12.6. The summed E-state index contributed by atoms with van der Waals surface area (Å²) in [5.41, 5.74) is 0.636. The van der Waals surface area contributed by atoms with E-state index in [1.807, 2.05) is 19.1 Å². The second-order valence-corrected chi connectivity index (χ2v) is 6.59. The molecule has 1 aromatic carbocycles. The predicted molar refractivity (Wildman–Crippen MR) is 101 cm³/mol. The molecule has 1 atom stereocenters. The molecule has 1 N–H and O–H groups in total. The minimum absolute atomic E-state index is 0.0353. The first-order chi connectivity index (χ1) is 13.1. The third-order valence-corrected chi connectivity index (χ3v) is 4.76. The normalized spacial score (nSPS) is 16.8. The number of piperidine rings is 1. The Morgan fingerprint density at radius 2 is 2.11 bits per heavy atom. The number of rotatable bonds is 6. The van der Waals surface area contributed by atoms with Gasteiger partial charge in [-0.1, -0.05) is 19.1 Å². The van der Waals surface area contributed by atoms with E-state index in [-0.39, 0.29) is 24.0 Å². The molecule has 1 fully saturated rings. The molecule has 0 spiro atoms. The van der Waals surface area contributed by atoms with Gasteiger partial charge >= 0.3 is 0 Å². The third-order valence-electron chi connectivity index (χ3n) is 4.76. The van der Waals surface area contributed by atoms with Crippen molar-refractivity contribution in [2.75, 3.05) is 26.8 Å². The number of carbonyl (C=O) groups excluding carboxylic acids is 1. The van der Waals surface area contributed by atoms with Gasteiger partial charge in [0, 0.05) is 30.8 Å². The van der Waals surface area contributed by atoms with Gasteiger partial charge in [0.15, 0.2) is 18.1 Å². The second-order valence-electron chi connectivity index (χ2n) is 6.59. The van der Waals surface area contributed by atoms with Crippen molar-refractivity contribution < 1.29 is 14.3 Å². The van der Waals surface area contributed by atoms with Gasteiger partial charge in [-0.05, 0) is 31.4 Å². The first kappa shape index (κ1) is 18.9. The van der Waals surface area contributed by atoms with Crippen LogP contribution < -0.4 is 15.0 Å². The predicted octanol–water partition coefficient (Wildman–Crippen LogP) is 2.13. The summed E-state index contributed by atoms with van der Waals surface area (Å²) in [6.45, 7) is 3.13. The van der Waals surface area contributed by atoms with Crippen LogP contribution in [-0.4, -0.2) is 47.6 Å². The van der Waals surface area contributed by atoms with Crippen molar-refractivity contribution >= 4 is 5.91 Å². The number of ether oxygens (including phenoxy) is 2. The van der Waals surface area contributed by atoms with E-state index in [4.69, 9.17) is 9.47 Å². The second kappa shape index (κ2) is 8.70. The van der Waals surface area contributed by atoms with Gasteiger partial charge in [-0.2, -0.15) is 0 Å². The van der Waals surface area contributed by atoms with Gasteiger partial charge in [0.05, 0.1) is 7.11 Å². The highest BCUT2D eigenvalue weighted by Gasteiger charge is 2.26. The van der Waals surface area contributed by atoms with E-state index in [1.165, 1.54) is 6.07 Å². The number of nitrogens with one attached hydrogen (secondary N) is 1. The molecule has 7 nitrogen and oxygen atoms in total. The van der Waals surface area contributed by atoms with Gasteiger partial charge in [0.1, 0.15) is 5.82 Å². The highest BCUT2D eigenvalue weighted by Crippen LogP contribution is 2.27. The lowest BCUT2D eigenvalue weighted by atomic mass is 9.97. The summed E-state index contributed by atoms with van der Waals surface area (Å²) >= 11 is 0. The molecule has 1 aliphatic heterocycles. The lowest BCUT2D eigenvalue weighted by Crippen LogP contribution is -2.42. The largest absolute Gasteiger partial charge is 0.493 e. The molecule has 1 aromatic heterocycles. The van der Waals surface area contributed by atoms with Crippen LogP contribution in [0.2, 0.25) is 0 Å². The fourth-order valence-corrected chi connectivity index (χ4v) is 3.30. The number of likely N-dealkylation sites (tertiary alicyclic amines) is 1. The fourth-order valence-electron chi connectivity index (χ4n) is 3.30. The summed E-state index contributed by atoms with van der Waals surface area (Å²) < 4.78 is 10.9. The van der Waals surface area contributed by atoms with Crippen LogP contribution in [0.5, 0.6) is 11.5 Å². The number of hydrogen-bond donors (Lipinski definition) is 1. The Morgan fingerprint density at radius 1 is 1.33 bits per heavy atom. The Labute approximate surface area is 158 Å². The number of H-pyrrole nitrogens is 1. The number of nitrogens with zero attached hydrogens (tertiary/aromatic N) is 2. The highest BCUT2D eigenvalue weighted by atomic mass is 16.5. The summed E-state index contributed by atoms with van der Waals surface area (Å²) in [4.78, 5) is 33.6. The van der Waals surface area contributed by atoms with Crippen molar-refractivity contribution in [2.45, 2.75) is 32.1 Å². The highest BCUT2D eigenvalue weighted by molar-refractivity contribution is 5.78. The summed E-state index contributed by atoms with van der Waals surface area (Å²) in [6.07, 6.45) is 2.47. The lowest BCUT2D eigenvalue weighted by molar-refractivity contribution is -0.134. The number of aromatic amines is 1. The zero-order chi connectivity index (χ0) is 19.2. The molecule has 0 saturated carbocycles. The first-order valence-corrected chi connectivity index (χ1v) is 9.24. The lowest BCUT2D eigenvalue weighted by Gasteiger charge is -2.32. The van der Waals surface area contributed by atoms with E-state index in [0.29, 0.717) is 36.8 Å². The molecule has 0 radical (unpaired) electrons. The molecule has 1 aliphatic rings. The Balaban J connectivity index is 1.64. The Hall–Kier alpha value is -2.83.